The van der Waals surface area contributed by atoms with Crippen molar-refractivity contribution >= 4 is 11.3 Å². The Bertz CT molecular complexity index is 751. The van der Waals surface area contributed by atoms with Crippen LogP contribution < -0.4 is 14.2 Å². The lowest BCUT2D eigenvalue weighted by atomic mass is 10.3. The molecule has 0 N–H and O–H groups in total. The number of ether oxygens (including phenoxy) is 3. The summed E-state index contributed by atoms with van der Waals surface area (Å²) < 4.78 is 21.7. The van der Waals surface area contributed by atoms with Crippen molar-refractivity contribution < 1.29 is 18.6 Å². The van der Waals surface area contributed by atoms with Gasteiger partial charge in [0.2, 0.25) is 12.7 Å². The number of nitrogens with zero attached hydrogens (tertiary/aromatic N) is 1. The summed E-state index contributed by atoms with van der Waals surface area (Å²) in [6.45, 7) is 0.598. The van der Waals surface area contributed by atoms with Gasteiger partial charge in [-0.1, -0.05) is 6.07 Å². The van der Waals surface area contributed by atoms with Gasteiger partial charge in [-0.15, -0.1) is 11.3 Å². The van der Waals surface area contributed by atoms with Crippen LogP contribution in [0.1, 0.15) is 5.69 Å². The largest absolute Gasteiger partial charge is 0.487 e. The molecule has 1 aliphatic heterocycles. The summed E-state index contributed by atoms with van der Waals surface area (Å²) >= 11 is 1.59. The number of benzene rings is 1. The molecule has 3 aromatic rings. The second-order valence-corrected chi connectivity index (χ2v) is 5.37. The highest BCUT2D eigenvalue weighted by atomic mass is 32.1. The molecule has 0 unspecified atom stereocenters. The molecule has 0 saturated heterocycles. The second-order valence-electron chi connectivity index (χ2n) is 4.43. The minimum atomic E-state index is 0.256. The van der Waals surface area contributed by atoms with Crippen molar-refractivity contribution in [2.75, 3.05) is 6.79 Å². The molecule has 3 heterocycles. The molecule has 2 aromatic heterocycles. The number of hydrogen-bond donors (Lipinski definition) is 0. The van der Waals surface area contributed by atoms with Crippen LogP contribution in [0.3, 0.4) is 0 Å². The fourth-order valence-corrected chi connectivity index (χ4v) is 2.67. The van der Waals surface area contributed by atoms with E-state index >= 15 is 0 Å². The Morgan fingerprint density at radius 3 is 3.05 bits per heavy atom. The van der Waals surface area contributed by atoms with E-state index in [9.17, 15) is 0 Å². The van der Waals surface area contributed by atoms with Crippen molar-refractivity contribution in [3.63, 3.8) is 0 Å². The molecule has 0 spiro atoms. The molecule has 0 bridgehead atoms. The molecule has 21 heavy (non-hydrogen) atoms. The Balaban J connectivity index is 1.45. The highest BCUT2D eigenvalue weighted by molar-refractivity contribution is 7.13. The van der Waals surface area contributed by atoms with Gasteiger partial charge in [-0.3, -0.25) is 0 Å². The standard InChI is InChI=1S/C15H11NO4S/c1-2-14(21-5-1)15-16-10(8-18-15)7-17-11-3-4-12-13(6-11)20-9-19-12/h1-6,8H,7,9H2. The third-order valence-electron chi connectivity index (χ3n) is 3.01. The van der Waals surface area contributed by atoms with Crippen LogP contribution >= 0.6 is 11.3 Å². The lowest BCUT2D eigenvalue weighted by Crippen LogP contribution is -1.95. The Hall–Kier alpha value is -2.47. The van der Waals surface area contributed by atoms with Crippen molar-refractivity contribution in [3.05, 3.63) is 47.7 Å². The van der Waals surface area contributed by atoms with E-state index in [0.717, 1.165) is 16.3 Å². The fourth-order valence-electron chi connectivity index (χ4n) is 2.01. The Kier molecular flexibility index (Phi) is 3.01. The zero-order valence-corrected chi connectivity index (χ0v) is 11.8. The molecule has 0 radical (unpaired) electrons. The van der Waals surface area contributed by atoms with Crippen molar-refractivity contribution in [2.45, 2.75) is 6.61 Å². The third kappa shape index (κ3) is 2.45. The maximum absolute atomic E-state index is 5.69. The lowest BCUT2D eigenvalue weighted by Gasteiger charge is -2.04. The molecule has 5 nitrogen and oxygen atoms in total. The van der Waals surface area contributed by atoms with Crippen molar-refractivity contribution in [1.29, 1.82) is 0 Å². The van der Waals surface area contributed by atoms with Gasteiger partial charge in [0.25, 0.3) is 0 Å². The van der Waals surface area contributed by atoms with E-state index in [1.54, 1.807) is 17.6 Å². The van der Waals surface area contributed by atoms with Crippen LogP contribution in [0, 0.1) is 0 Å². The Morgan fingerprint density at radius 2 is 2.14 bits per heavy atom. The topological polar surface area (TPSA) is 53.7 Å². The van der Waals surface area contributed by atoms with Gasteiger partial charge in [0.05, 0.1) is 4.88 Å². The smallest absolute Gasteiger partial charge is 0.236 e. The highest BCUT2D eigenvalue weighted by Crippen LogP contribution is 2.35. The van der Waals surface area contributed by atoms with Crippen molar-refractivity contribution in [3.8, 4) is 28.0 Å². The maximum atomic E-state index is 5.69. The first-order valence-electron chi connectivity index (χ1n) is 6.39. The first kappa shape index (κ1) is 12.3. The Morgan fingerprint density at radius 1 is 1.19 bits per heavy atom. The number of thiophene rings is 1. The van der Waals surface area contributed by atoms with Crippen LogP contribution in [-0.4, -0.2) is 11.8 Å². The van der Waals surface area contributed by atoms with Gasteiger partial charge in [-0.25, -0.2) is 4.98 Å². The molecular formula is C15H11NO4S. The summed E-state index contributed by atoms with van der Waals surface area (Å²) in [4.78, 5) is 5.41. The van der Waals surface area contributed by atoms with E-state index in [4.69, 9.17) is 18.6 Å². The number of hydrogen-bond acceptors (Lipinski definition) is 6. The van der Waals surface area contributed by atoms with E-state index in [-0.39, 0.29) is 6.79 Å². The van der Waals surface area contributed by atoms with E-state index in [0.29, 0.717) is 24.0 Å². The van der Waals surface area contributed by atoms with Gasteiger partial charge in [-0.2, -0.15) is 0 Å². The molecule has 4 rings (SSSR count). The monoisotopic (exact) mass is 301 g/mol. The molecule has 0 fully saturated rings. The van der Waals surface area contributed by atoms with Gasteiger partial charge in [0, 0.05) is 6.07 Å². The molecule has 0 aliphatic carbocycles. The zero-order chi connectivity index (χ0) is 14.1. The van der Waals surface area contributed by atoms with Crippen LogP contribution in [0.15, 0.2) is 46.4 Å². The summed E-state index contributed by atoms with van der Waals surface area (Å²) in [5, 5.41) is 1.99. The molecule has 0 atom stereocenters. The van der Waals surface area contributed by atoms with Crippen LogP contribution in [-0.2, 0) is 6.61 Å². The normalized spacial score (nSPS) is 12.6. The van der Waals surface area contributed by atoms with Gasteiger partial charge in [0.1, 0.15) is 24.3 Å². The average molecular weight is 301 g/mol. The second kappa shape index (κ2) is 5.14. The number of oxazole rings is 1. The minimum absolute atomic E-state index is 0.256. The average Bonchev–Trinajstić information content (AvgIpc) is 3.24. The summed E-state index contributed by atoms with van der Waals surface area (Å²) in [5.74, 6) is 2.77. The summed E-state index contributed by atoms with van der Waals surface area (Å²) in [6, 6.07) is 9.42. The first-order valence-corrected chi connectivity index (χ1v) is 7.27. The Labute approximate surface area is 124 Å². The maximum Gasteiger partial charge on any atom is 0.236 e. The van der Waals surface area contributed by atoms with E-state index in [1.807, 2.05) is 35.7 Å². The van der Waals surface area contributed by atoms with Gasteiger partial charge in [0.15, 0.2) is 11.5 Å². The predicted molar refractivity (Wildman–Crippen MR) is 76.7 cm³/mol. The molecular weight excluding hydrogens is 290 g/mol. The molecule has 0 amide bonds. The predicted octanol–water partition coefficient (Wildman–Crippen LogP) is 3.71. The molecule has 106 valence electrons. The quantitative estimate of drug-likeness (QED) is 0.735. The first-order chi connectivity index (χ1) is 10.4. The van der Waals surface area contributed by atoms with Crippen LogP contribution in [0.4, 0.5) is 0 Å². The molecule has 0 saturated carbocycles. The van der Waals surface area contributed by atoms with E-state index in [1.165, 1.54) is 0 Å². The zero-order valence-electron chi connectivity index (χ0n) is 10.9. The number of fused-ring (bicyclic) bond motifs is 1. The molecule has 1 aliphatic rings. The lowest BCUT2D eigenvalue weighted by molar-refractivity contribution is 0.173. The van der Waals surface area contributed by atoms with E-state index < -0.39 is 0 Å². The van der Waals surface area contributed by atoms with Gasteiger partial charge in [-0.05, 0) is 23.6 Å². The highest BCUT2D eigenvalue weighted by Gasteiger charge is 2.14. The fraction of sp³-hybridized carbons (Fsp3) is 0.133. The minimum Gasteiger partial charge on any atom is -0.487 e. The van der Waals surface area contributed by atoms with Crippen LogP contribution in [0.2, 0.25) is 0 Å². The summed E-state index contributed by atoms with van der Waals surface area (Å²) in [6.07, 6.45) is 1.61. The number of rotatable bonds is 4. The van der Waals surface area contributed by atoms with E-state index in [2.05, 4.69) is 4.98 Å². The molecule has 1 aromatic carbocycles. The van der Waals surface area contributed by atoms with Gasteiger partial charge < -0.3 is 18.6 Å². The SMILES string of the molecule is c1csc(-c2nc(COc3ccc4c(c3)OCO4)co2)c1. The van der Waals surface area contributed by atoms with Gasteiger partial charge >= 0.3 is 0 Å². The van der Waals surface area contributed by atoms with Crippen molar-refractivity contribution in [1.82, 2.24) is 4.98 Å². The summed E-state index contributed by atoms with van der Waals surface area (Å²) in [5.41, 5.74) is 0.746. The third-order valence-corrected chi connectivity index (χ3v) is 3.87. The molecule has 6 heteroatoms. The number of aromatic nitrogens is 1. The van der Waals surface area contributed by atoms with Crippen LogP contribution in [0.5, 0.6) is 17.2 Å². The van der Waals surface area contributed by atoms with Crippen molar-refractivity contribution in [2.24, 2.45) is 0 Å². The summed E-state index contributed by atoms with van der Waals surface area (Å²) in [7, 11) is 0. The van der Waals surface area contributed by atoms with Crippen LogP contribution in [0.25, 0.3) is 10.8 Å².